The first-order chi connectivity index (χ1) is 12.5. The van der Waals surface area contributed by atoms with Gasteiger partial charge in [0, 0.05) is 36.2 Å². The summed E-state index contributed by atoms with van der Waals surface area (Å²) in [4.78, 5) is 23.8. The molecule has 4 rings (SSSR count). The van der Waals surface area contributed by atoms with Crippen LogP contribution in [0.15, 0.2) is 23.1 Å². The minimum absolute atomic E-state index is 0. The first-order valence-corrected chi connectivity index (χ1v) is 8.94. The number of nitrogens with zero attached hydrogens (tertiary/aromatic N) is 1. The standard InChI is InChI=1S/C19H21FN2O4.ClH/c1-10(11-4-5-21-8-11)26-17-7-16-13(6-15(17)20)18(23)14(19(24)25)9-22(16)12-2-3-12;/h6-7,9-12,21H,2-5,8H2,1H3,(H,24,25);1H. The molecule has 2 fully saturated rings. The molecular weight excluding hydrogens is 375 g/mol. The van der Waals surface area contributed by atoms with Gasteiger partial charge < -0.3 is 19.7 Å². The molecule has 27 heavy (non-hydrogen) atoms. The van der Waals surface area contributed by atoms with Crippen molar-refractivity contribution in [3.05, 3.63) is 39.9 Å². The Hall–Kier alpha value is -2.12. The van der Waals surface area contributed by atoms with E-state index < -0.39 is 17.2 Å². The summed E-state index contributed by atoms with van der Waals surface area (Å²) in [6.07, 6.45) is 4.02. The minimum Gasteiger partial charge on any atom is -0.487 e. The highest BCUT2D eigenvalue weighted by Gasteiger charge is 2.28. The van der Waals surface area contributed by atoms with Gasteiger partial charge in [-0.25, -0.2) is 9.18 Å². The van der Waals surface area contributed by atoms with Gasteiger partial charge in [0.1, 0.15) is 11.7 Å². The van der Waals surface area contributed by atoms with Gasteiger partial charge >= 0.3 is 5.97 Å². The van der Waals surface area contributed by atoms with Gasteiger partial charge in [0.2, 0.25) is 5.43 Å². The van der Waals surface area contributed by atoms with Crippen LogP contribution in [0.1, 0.15) is 42.6 Å². The molecule has 0 spiro atoms. The summed E-state index contributed by atoms with van der Waals surface area (Å²) in [7, 11) is 0. The predicted molar refractivity (Wildman–Crippen MR) is 102 cm³/mol. The van der Waals surface area contributed by atoms with Crippen molar-refractivity contribution in [2.24, 2.45) is 5.92 Å². The number of hydrogen-bond donors (Lipinski definition) is 2. The molecule has 1 aromatic heterocycles. The monoisotopic (exact) mass is 396 g/mol. The number of nitrogens with one attached hydrogen (secondary N) is 1. The fourth-order valence-corrected chi connectivity index (χ4v) is 3.62. The van der Waals surface area contributed by atoms with E-state index in [-0.39, 0.29) is 41.3 Å². The minimum atomic E-state index is -1.30. The van der Waals surface area contributed by atoms with Gasteiger partial charge in [-0.1, -0.05) is 0 Å². The van der Waals surface area contributed by atoms with Gasteiger partial charge in [-0.2, -0.15) is 0 Å². The highest BCUT2D eigenvalue weighted by Crippen LogP contribution is 2.38. The van der Waals surface area contributed by atoms with Crippen LogP contribution in [0, 0.1) is 11.7 Å². The lowest BCUT2D eigenvalue weighted by Gasteiger charge is -2.21. The lowest BCUT2D eigenvalue weighted by Crippen LogP contribution is -2.26. The number of fused-ring (bicyclic) bond motifs is 1. The quantitative estimate of drug-likeness (QED) is 0.812. The number of carbonyl (C=O) groups is 1. The molecule has 1 aliphatic carbocycles. The van der Waals surface area contributed by atoms with Crippen molar-refractivity contribution in [3.8, 4) is 5.75 Å². The number of aromatic nitrogens is 1. The zero-order valence-corrected chi connectivity index (χ0v) is 15.7. The van der Waals surface area contributed by atoms with E-state index in [0.29, 0.717) is 11.4 Å². The summed E-state index contributed by atoms with van der Waals surface area (Å²) < 4.78 is 22.2. The summed E-state index contributed by atoms with van der Waals surface area (Å²) in [6.45, 7) is 3.69. The van der Waals surface area contributed by atoms with Gasteiger partial charge in [-0.05, 0) is 38.8 Å². The number of aromatic carboxylic acids is 1. The molecule has 1 aromatic carbocycles. The molecule has 2 atom stereocenters. The Morgan fingerprint density at radius 1 is 1.37 bits per heavy atom. The zero-order chi connectivity index (χ0) is 18.4. The number of ether oxygens (including phenoxy) is 1. The first kappa shape index (κ1) is 19.6. The first-order valence-electron chi connectivity index (χ1n) is 8.94. The number of rotatable bonds is 5. The fourth-order valence-electron chi connectivity index (χ4n) is 3.62. The van der Waals surface area contributed by atoms with Gasteiger partial charge in [0.25, 0.3) is 0 Å². The number of pyridine rings is 1. The number of halogens is 2. The second-order valence-electron chi connectivity index (χ2n) is 7.19. The Kier molecular flexibility index (Phi) is 5.44. The SMILES string of the molecule is CC(Oc1cc2c(cc1F)c(=O)c(C(=O)O)cn2C1CC1)C1CCNC1.Cl. The Bertz CT molecular complexity index is 935. The van der Waals surface area contributed by atoms with Crippen LogP contribution >= 0.6 is 12.4 Å². The third-order valence-electron chi connectivity index (χ3n) is 5.33. The molecule has 146 valence electrons. The van der Waals surface area contributed by atoms with E-state index in [1.54, 1.807) is 4.57 Å². The molecule has 1 saturated heterocycles. The van der Waals surface area contributed by atoms with E-state index >= 15 is 0 Å². The molecule has 2 aliphatic rings. The van der Waals surface area contributed by atoms with E-state index in [9.17, 15) is 19.1 Å². The topological polar surface area (TPSA) is 80.6 Å². The van der Waals surface area contributed by atoms with Crippen molar-refractivity contribution in [2.45, 2.75) is 38.3 Å². The number of hydrogen-bond acceptors (Lipinski definition) is 4. The van der Waals surface area contributed by atoms with Crippen LogP contribution in [-0.4, -0.2) is 34.8 Å². The summed E-state index contributed by atoms with van der Waals surface area (Å²) in [5, 5.41) is 12.6. The molecular formula is C19H22ClFN2O4. The Morgan fingerprint density at radius 3 is 2.70 bits per heavy atom. The van der Waals surface area contributed by atoms with Crippen LogP contribution < -0.4 is 15.5 Å². The Morgan fingerprint density at radius 2 is 2.11 bits per heavy atom. The third kappa shape index (κ3) is 3.66. The largest absolute Gasteiger partial charge is 0.487 e. The van der Waals surface area contributed by atoms with Crippen LogP contribution in [0.4, 0.5) is 4.39 Å². The summed E-state index contributed by atoms with van der Waals surface area (Å²) in [6, 6.07) is 2.79. The fraction of sp³-hybridized carbons (Fsp3) is 0.474. The maximum Gasteiger partial charge on any atom is 0.341 e. The zero-order valence-electron chi connectivity index (χ0n) is 14.9. The van der Waals surface area contributed by atoms with Crippen LogP contribution in [0.2, 0.25) is 0 Å². The van der Waals surface area contributed by atoms with Crippen LogP contribution in [0.25, 0.3) is 10.9 Å². The number of carboxylic acid groups (broad SMARTS) is 1. The average molecular weight is 397 g/mol. The third-order valence-corrected chi connectivity index (χ3v) is 5.33. The van der Waals surface area contributed by atoms with Crippen molar-refractivity contribution in [3.63, 3.8) is 0 Å². The highest BCUT2D eigenvalue weighted by molar-refractivity contribution is 5.93. The van der Waals surface area contributed by atoms with Gasteiger partial charge in [-0.3, -0.25) is 4.79 Å². The number of benzene rings is 1. The van der Waals surface area contributed by atoms with Gasteiger partial charge in [0.15, 0.2) is 11.6 Å². The smallest absolute Gasteiger partial charge is 0.341 e. The molecule has 2 heterocycles. The van der Waals surface area contributed by atoms with Crippen molar-refractivity contribution in [1.29, 1.82) is 0 Å². The molecule has 6 nitrogen and oxygen atoms in total. The molecule has 1 saturated carbocycles. The van der Waals surface area contributed by atoms with E-state index in [1.807, 2.05) is 6.92 Å². The van der Waals surface area contributed by atoms with Crippen molar-refractivity contribution < 1.29 is 19.0 Å². The lowest BCUT2D eigenvalue weighted by atomic mass is 10.0. The Balaban J connectivity index is 0.00000210. The molecule has 8 heteroatoms. The van der Waals surface area contributed by atoms with Crippen LogP contribution in [-0.2, 0) is 0 Å². The van der Waals surface area contributed by atoms with E-state index in [4.69, 9.17) is 4.74 Å². The summed E-state index contributed by atoms with van der Waals surface area (Å²) in [5.74, 6) is -1.52. The van der Waals surface area contributed by atoms with E-state index in [0.717, 1.165) is 38.4 Å². The normalized spacial score (nSPS) is 20.3. The number of carboxylic acids is 1. The van der Waals surface area contributed by atoms with Crippen molar-refractivity contribution in [2.75, 3.05) is 13.1 Å². The summed E-state index contributed by atoms with van der Waals surface area (Å²) >= 11 is 0. The second kappa shape index (κ2) is 7.48. The maximum absolute atomic E-state index is 14.6. The molecule has 0 bridgehead atoms. The van der Waals surface area contributed by atoms with E-state index in [2.05, 4.69) is 5.32 Å². The molecule has 2 unspecified atom stereocenters. The molecule has 2 aromatic rings. The highest BCUT2D eigenvalue weighted by atomic mass is 35.5. The van der Waals surface area contributed by atoms with E-state index in [1.165, 1.54) is 12.3 Å². The molecule has 1 aliphatic heterocycles. The average Bonchev–Trinajstić information content (AvgIpc) is 3.29. The lowest BCUT2D eigenvalue weighted by molar-refractivity contribution is 0.0695. The van der Waals surface area contributed by atoms with Crippen molar-refractivity contribution in [1.82, 2.24) is 9.88 Å². The van der Waals surface area contributed by atoms with Crippen LogP contribution in [0.5, 0.6) is 5.75 Å². The predicted octanol–water partition coefficient (Wildman–Crippen LogP) is 2.97. The van der Waals surface area contributed by atoms with Gasteiger partial charge in [0.05, 0.1) is 5.52 Å². The Labute approximate surface area is 161 Å². The van der Waals surface area contributed by atoms with Crippen molar-refractivity contribution >= 4 is 29.3 Å². The molecule has 0 amide bonds. The summed E-state index contributed by atoms with van der Waals surface area (Å²) in [5.41, 5.74) is -0.471. The molecule has 0 radical (unpaired) electrons. The van der Waals surface area contributed by atoms with Crippen LogP contribution in [0.3, 0.4) is 0 Å². The molecule has 2 N–H and O–H groups in total. The maximum atomic E-state index is 14.6. The van der Waals surface area contributed by atoms with Gasteiger partial charge in [-0.15, -0.1) is 12.4 Å². The second-order valence-corrected chi connectivity index (χ2v) is 7.19.